The highest BCUT2D eigenvalue weighted by Gasteiger charge is 2.34. The van der Waals surface area contributed by atoms with Gasteiger partial charge >= 0.3 is 0 Å². The van der Waals surface area contributed by atoms with Gasteiger partial charge in [-0.15, -0.1) is 0 Å². The molecule has 0 spiro atoms. The number of carbonyl (C=O) groups is 1. The number of aromatic nitrogens is 2. The third-order valence-electron chi connectivity index (χ3n) is 4.35. The number of rotatable bonds is 3. The topological polar surface area (TPSA) is 72.4 Å². The average Bonchev–Trinajstić information content (AvgIpc) is 3.35. The molecule has 0 saturated carbocycles. The van der Waals surface area contributed by atoms with E-state index in [1.54, 1.807) is 11.0 Å². The van der Waals surface area contributed by atoms with Gasteiger partial charge in [0.25, 0.3) is 5.91 Å². The zero-order chi connectivity index (χ0) is 17.4. The summed E-state index contributed by atoms with van der Waals surface area (Å²) >= 11 is 3.40. The van der Waals surface area contributed by atoms with Crippen molar-refractivity contribution in [3.63, 3.8) is 0 Å². The van der Waals surface area contributed by atoms with Gasteiger partial charge in [-0.2, -0.15) is 0 Å². The van der Waals surface area contributed by atoms with Crippen LogP contribution in [0.15, 0.2) is 49.9 Å². The fourth-order valence-corrected chi connectivity index (χ4v) is 3.38. The van der Waals surface area contributed by atoms with Crippen LogP contribution in [0.4, 0.5) is 0 Å². The number of amides is 1. The van der Waals surface area contributed by atoms with E-state index < -0.39 is 0 Å². The van der Waals surface area contributed by atoms with Crippen LogP contribution >= 0.6 is 15.9 Å². The Labute approximate surface area is 152 Å². The van der Waals surface area contributed by atoms with Crippen molar-refractivity contribution >= 4 is 21.8 Å². The van der Waals surface area contributed by atoms with Gasteiger partial charge in [-0.3, -0.25) is 4.79 Å². The molecule has 1 aromatic carbocycles. The van der Waals surface area contributed by atoms with Gasteiger partial charge in [0.05, 0.1) is 11.7 Å². The Kier molecular flexibility index (Phi) is 4.17. The number of likely N-dealkylation sites (tertiary alicyclic amines) is 1. The monoisotopic (exact) mass is 401 g/mol. The van der Waals surface area contributed by atoms with E-state index in [2.05, 4.69) is 26.2 Å². The van der Waals surface area contributed by atoms with Gasteiger partial charge in [0, 0.05) is 28.7 Å². The Morgan fingerprint density at radius 2 is 2.00 bits per heavy atom. The second-order valence-corrected chi connectivity index (χ2v) is 7.03. The lowest BCUT2D eigenvalue weighted by Crippen LogP contribution is -2.30. The Hall–Kier alpha value is -2.41. The first kappa shape index (κ1) is 16.1. The predicted octanol–water partition coefficient (Wildman–Crippen LogP) is 4.38. The Morgan fingerprint density at radius 3 is 2.72 bits per heavy atom. The van der Waals surface area contributed by atoms with Crippen molar-refractivity contribution in [2.75, 3.05) is 6.54 Å². The third kappa shape index (κ3) is 3.11. The lowest BCUT2D eigenvalue weighted by molar-refractivity contribution is 0.0704. The van der Waals surface area contributed by atoms with Crippen molar-refractivity contribution in [2.24, 2.45) is 0 Å². The quantitative estimate of drug-likeness (QED) is 0.650. The molecule has 1 aliphatic heterocycles. The van der Waals surface area contributed by atoms with Crippen molar-refractivity contribution in [1.82, 2.24) is 15.2 Å². The zero-order valence-corrected chi connectivity index (χ0v) is 15.2. The molecule has 1 atom stereocenters. The van der Waals surface area contributed by atoms with Crippen molar-refractivity contribution < 1.29 is 13.8 Å². The smallest absolute Gasteiger partial charge is 0.276 e. The summed E-state index contributed by atoms with van der Waals surface area (Å²) < 4.78 is 11.7. The SMILES string of the molecule is Cc1cc(C2CCCN2C(=O)c2cc(-c3ccc(Br)cc3)on2)on1. The molecule has 0 N–H and O–H groups in total. The molecule has 1 aliphatic rings. The summed E-state index contributed by atoms with van der Waals surface area (Å²) in [6, 6.07) is 11.1. The van der Waals surface area contributed by atoms with Crippen LogP contribution in [0, 0.1) is 6.92 Å². The summed E-state index contributed by atoms with van der Waals surface area (Å²) in [4.78, 5) is 14.7. The molecule has 1 saturated heterocycles. The number of carbonyl (C=O) groups excluding carboxylic acids is 1. The van der Waals surface area contributed by atoms with Crippen LogP contribution in [0.3, 0.4) is 0 Å². The number of halogens is 1. The summed E-state index contributed by atoms with van der Waals surface area (Å²) in [5.41, 5.74) is 1.99. The Morgan fingerprint density at radius 1 is 1.20 bits per heavy atom. The van der Waals surface area contributed by atoms with Crippen LogP contribution in [0.2, 0.25) is 0 Å². The minimum absolute atomic E-state index is 0.0958. The number of aryl methyl sites for hydroxylation is 1. The number of nitrogens with zero attached hydrogens (tertiary/aromatic N) is 3. The number of benzene rings is 1. The van der Waals surface area contributed by atoms with Gasteiger partial charge in [-0.05, 0) is 31.9 Å². The maximum Gasteiger partial charge on any atom is 0.276 e. The molecule has 1 unspecified atom stereocenters. The fourth-order valence-electron chi connectivity index (χ4n) is 3.12. The van der Waals surface area contributed by atoms with Gasteiger partial charge < -0.3 is 13.9 Å². The number of hydrogen-bond acceptors (Lipinski definition) is 5. The maximum atomic E-state index is 12.9. The van der Waals surface area contributed by atoms with E-state index in [9.17, 15) is 4.79 Å². The molecule has 6 nitrogen and oxygen atoms in total. The zero-order valence-electron chi connectivity index (χ0n) is 13.6. The van der Waals surface area contributed by atoms with Crippen molar-refractivity contribution in [1.29, 1.82) is 0 Å². The minimum atomic E-state index is -0.149. The summed E-state index contributed by atoms with van der Waals surface area (Å²) in [5.74, 6) is 1.14. The first-order valence-corrected chi connectivity index (χ1v) is 8.88. The second kappa shape index (κ2) is 6.48. The van der Waals surface area contributed by atoms with Gasteiger partial charge in [-0.1, -0.05) is 38.4 Å². The fraction of sp³-hybridized carbons (Fsp3) is 0.278. The molecule has 128 valence electrons. The van der Waals surface area contributed by atoms with Crippen LogP contribution in [0.1, 0.15) is 40.8 Å². The van der Waals surface area contributed by atoms with E-state index >= 15 is 0 Å². The molecule has 1 fully saturated rings. The molecular weight excluding hydrogens is 386 g/mol. The molecule has 3 aromatic rings. The van der Waals surface area contributed by atoms with E-state index in [0.29, 0.717) is 18.0 Å². The first-order valence-electron chi connectivity index (χ1n) is 8.08. The molecule has 3 heterocycles. The van der Waals surface area contributed by atoms with Crippen LogP contribution in [0.25, 0.3) is 11.3 Å². The highest BCUT2D eigenvalue weighted by Crippen LogP contribution is 2.34. The van der Waals surface area contributed by atoms with Gasteiger partial charge in [-0.25, -0.2) is 0 Å². The van der Waals surface area contributed by atoms with E-state index in [0.717, 1.165) is 34.3 Å². The Balaban J connectivity index is 1.57. The summed E-state index contributed by atoms with van der Waals surface area (Å²) in [6.45, 7) is 2.54. The van der Waals surface area contributed by atoms with Crippen molar-refractivity contribution in [3.05, 3.63) is 58.0 Å². The average molecular weight is 402 g/mol. The van der Waals surface area contributed by atoms with Gasteiger partial charge in [0.15, 0.2) is 17.2 Å². The molecule has 7 heteroatoms. The summed E-state index contributed by atoms with van der Waals surface area (Å²) in [5, 5.41) is 7.90. The van der Waals surface area contributed by atoms with Crippen LogP contribution in [-0.2, 0) is 0 Å². The van der Waals surface area contributed by atoms with E-state index in [-0.39, 0.29) is 11.9 Å². The van der Waals surface area contributed by atoms with Crippen molar-refractivity contribution in [2.45, 2.75) is 25.8 Å². The molecule has 4 rings (SSSR count). The predicted molar refractivity (Wildman–Crippen MR) is 93.9 cm³/mol. The molecule has 1 amide bonds. The second-order valence-electron chi connectivity index (χ2n) is 6.11. The van der Waals surface area contributed by atoms with E-state index in [4.69, 9.17) is 9.05 Å². The first-order chi connectivity index (χ1) is 12.1. The maximum absolute atomic E-state index is 12.9. The molecule has 25 heavy (non-hydrogen) atoms. The highest BCUT2D eigenvalue weighted by atomic mass is 79.9. The molecule has 2 aromatic heterocycles. The summed E-state index contributed by atoms with van der Waals surface area (Å²) in [6.07, 6.45) is 1.78. The van der Waals surface area contributed by atoms with E-state index in [1.165, 1.54) is 0 Å². The lowest BCUT2D eigenvalue weighted by Gasteiger charge is -2.21. The lowest BCUT2D eigenvalue weighted by atomic mass is 10.1. The van der Waals surface area contributed by atoms with Crippen LogP contribution < -0.4 is 0 Å². The third-order valence-corrected chi connectivity index (χ3v) is 4.87. The Bertz CT molecular complexity index is 900. The standard InChI is InChI=1S/C18H16BrN3O3/c1-11-9-17(25-20-11)15-3-2-8-22(15)18(23)14-10-16(24-21-14)12-4-6-13(19)7-5-12/h4-7,9-10,15H,2-3,8H2,1H3. The molecule has 0 radical (unpaired) electrons. The van der Waals surface area contributed by atoms with Crippen LogP contribution in [-0.4, -0.2) is 27.7 Å². The molecule has 0 aliphatic carbocycles. The summed E-state index contributed by atoms with van der Waals surface area (Å²) in [7, 11) is 0. The van der Waals surface area contributed by atoms with Crippen LogP contribution in [0.5, 0.6) is 0 Å². The van der Waals surface area contributed by atoms with E-state index in [1.807, 2.05) is 37.3 Å². The minimum Gasteiger partial charge on any atom is -0.359 e. The van der Waals surface area contributed by atoms with Crippen molar-refractivity contribution in [3.8, 4) is 11.3 Å². The van der Waals surface area contributed by atoms with Gasteiger partial charge in [0.2, 0.25) is 0 Å². The molecular formula is C18H16BrN3O3. The molecule has 0 bridgehead atoms. The van der Waals surface area contributed by atoms with Gasteiger partial charge in [0.1, 0.15) is 0 Å². The normalized spacial score (nSPS) is 17.2. The largest absolute Gasteiger partial charge is 0.359 e. The highest BCUT2D eigenvalue weighted by molar-refractivity contribution is 9.10. The number of hydrogen-bond donors (Lipinski definition) is 0.